The molecule has 0 aliphatic heterocycles. The Morgan fingerprint density at radius 1 is 1.44 bits per heavy atom. The zero-order valence-electron chi connectivity index (χ0n) is 9.53. The molecule has 0 atom stereocenters. The van der Waals surface area contributed by atoms with Gasteiger partial charge in [-0.3, -0.25) is 4.79 Å². The Labute approximate surface area is 95.6 Å². The minimum atomic E-state index is -0.0506. The normalized spacial score (nSPS) is 9.62. The van der Waals surface area contributed by atoms with Crippen LogP contribution in [0.25, 0.3) is 0 Å². The highest BCUT2D eigenvalue weighted by atomic mass is 16.5. The van der Waals surface area contributed by atoms with Crippen LogP contribution in [0.5, 0.6) is 11.5 Å². The fourth-order valence-corrected chi connectivity index (χ4v) is 1.14. The van der Waals surface area contributed by atoms with Crippen molar-refractivity contribution < 1.29 is 14.3 Å². The first-order chi connectivity index (χ1) is 7.76. The van der Waals surface area contributed by atoms with Crippen LogP contribution in [-0.4, -0.2) is 13.0 Å². The Hall–Kier alpha value is -1.71. The van der Waals surface area contributed by atoms with Crippen LogP contribution < -0.4 is 14.8 Å². The maximum Gasteiger partial charge on any atom is 0.228 e. The smallest absolute Gasteiger partial charge is 0.228 e. The second-order valence-electron chi connectivity index (χ2n) is 3.23. The first kappa shape index (κ1) is 12.4. The molecular weight excluding hydrogens is 206 g/mol. The van der Waals surface area contributed by atoms with Crippen LogP contribution in [0.3, 0.4) is 0 Å². The number of rotatable bonds is 6. The van der Waals surface area contributed by atoms with Gasteiger partial charge in [0.05, 0.1) is 7.11 Å². The van der Waals surface area contributed by atoms with Crippen LogP contribution in [0.2, 0.25) is 0 Å². The highest BCUT2D eigenvalue weighted by molar-refractivity contribution is 5.76. The highest BCUT2D eigenvalue weighted by Gasteiger charge is 2.00. The molecular formula is C12H16NO3. The zero-order chi connectivity index (χ0) is 11.8. The maximum absolute atomic E-state index is 11.1. The van der Waals surface area contributed by atoms with Gasteiger partial charge in [-0.25, -0.2) is 0 Å². The first-order valence-electron chi connectivity index (χ1n) is 5.18. The van der Waals surface area contributed by atoms with E-state index >= 15 is 0 Å². The Balaban J connectivity index is 2.34. The summed E-state index contributed by atoms with van der Waals surface area (Å²) in [7, 11) is 1.59. The molecule has 1 aromatic carbocycles. The van der Waals surface area contributed by atoms with E-state index in [-0.39, 0.29) is 5.91 Å². The van der Waals surface area contributed by atoms with Crippen LogP contribution in [0.15, 0.2) is 24.3 Å². The average Bonchev–Trinajstić information content (AvgIpc) is 2.30. The lowest BCUT2D eigenvalue weighted by atomic mass is 10.3. The zero-order valence-corrected chi connectivity index (χ0v) is 9.53. The predicted octanol–water partition coefficient (Wildman–Crippen LogP) is 2.11. The molecule has 4 nitrogen and oxygen atoms in total. The van der Waals surface area contributed by atoms with Crippen molar-refractivity contribution in [1.82, 2.24) is 5.32 Å². The first-order valence-corrected chi connectivity index (χ1v) is 5.18. The molecule has 0 heterocycles. The summed E-state index contributed by atoms with van der Waals surface area (Å²) in [6.45, 7) is 3.23. The van der Waals surface area contributed by atoms with Gasteiger partial charge in [0.2, 0.25) is 12.6 Å². The second kappa shape index (κ2) is 6.71. The summed E-state index contributed by atoms with van der Waals surface area (Å²) >= 11 is 0. The molecule has 1 N–H and O–H groups in total. The molecule has 1 radical (unpaired) electrons. The molecule has 0 saturated heterocycles. The van der Waals surface area contributed by atoms with E-state index in [9.17, 15) is 4.79 Å². The summed E-state index contributed by atoms with van der Waals surface area (Å²) in [6, 6.07) is 7.16. The van der Waals surface area contributed by atoms with E-state index in [2.05, 4.69) is 5.32 Å². The van der Waals surface area contributed by atoms with Gasteiger partial charge in [0.15, 0.2) is 0 Å². The van der Waals surface area contributed by atoms with Gasteiger partial charge in [0.1, 0.15) is 11.5 Å². The molecule has 1 rings (SSSR count). The highest BCUT2D eigenvalue weighted by Crippen LogP contribution is 2.18. The van der Waals surface area contributed by atoms with E-state index in [4.69, 9.17) is 9.47 Å². The lowest BCUT2D eigenvalue weighted by Crippen LogP contribution is -2.22. The van der Waals surface area contributed by atoms with Gasteiger partial charge < -0.3 is 14.8 Å². The quantitative estimate of drug-likeness (QED) is 0.801. The van der Waals surface area contributed by atoms with Gasteiger partial charge in [-0.15, -0.1) is 0 Å². The van der Waals surface area contributed by atoms with E-state index in [1.807, 2.05) is 19.1 Å². The number of carbonyl (C=O) groups excluding carboxylic acids is 1. The van der Waals surface area contributed by atoms with Crippen LogP contribution in [0.1, 0.15) is 19.8 Å². The third-order valence-corrected chi connectivity index (χ3v) is 1.93. The van der Waals surface area contributed by atoms with Gasteiger partial charge in [-0.05, 0) is 18.6 Å². The second-order valence-corrected chi connectivity index (χ2v) is 3.23. The number of benzene rings is 1. The molecule has 87 valence electrons. The molecule has 0 bridgehead atoms. The molecule has 0 aliphatic rings. The number of ether oxygens (including phenoxy) is 2. The van der Waals surface area contributed by atoms with Gasteiger partial charge in [-0.1, -0.05) is 13.0 Å². The van der Waals surface area contributed by atoms with Crippen molar-refractivity contribution >= 4 is 5.91 Å². The summed E-state index contributed by atoms with van der Waals surface area (Å²) in [4.78, 5) is 11.1. The topological polar surface area (TPSA) is 47.6 Å². The van der Waals surface area contributed by atoms with Gasteiger partial charge in [0, 0.05) is 12.5 Å². The molecule has 0 fully saturated rings. The Bertz CT molecular complexity index is 339. The summed E-state index contributed by atoms with van der Waals surface area (Å²) in [5.74, 6) is 1.28. The van der Waals surface area contributed by atoms with Crippen LogP contribution in [0.4, 0.5) is 0 Å². The van der Waals surface area contributed by atoms with Crippen molar-refractivity contribution in [3.05, 3.63) is 31.0 Å². The molecule has 0 unspecified atom stereocenters. The average molecular weight is 222 g/mol. The lowest BCUT2D eigenvalue weighted by Gasteiger charge is -2.07. The van der Waals surface area contributed by atoms with Crippen molar-refractivity contribution in [3.63, 3.8) is 0 Å². The largest absolute Gasteiger partial charge is 0.497 e. The van der Waals surface area contributed by atoms with E-state index in [0.29, 0.717) is 17.9 Å². The fraction of sp³-hybridized carbons (Fsp3) is 0.333. The van der Waals surface area contributed by atoms with Gasteiger partial charge in [0.25, 0.3) is 0 Å². The molecule has 0 saturated carbocycles. The molecule has 0 aliphatic carbocycles. The lowest BCUT2D eigenvalue weighted by molar-refractivity contribution is -0.121. The van der Waals surface area contributed by atoms with Gasteiger partial charge >= 0.3 is 0 Å². The molecule has 0 aromatic heterocycles. The number of carbonyl (C=O) groups is 1. The van der Waals surface area contributed by atoms with E-state index in [0.717, 1.165) is 6.42 Å². The van der Waals surface area contributed by atoms with Crippen molar-refractivity contribution in [1.29, 1.82) is 0 Å². The van der Waals surface area contributed by atoms with Gasteiger partial charge in [-0.2, -0.15) is 0 Å². The Morgan fingerprint density at radius 2 is 2.19 bits per heavy atom. The van der Waals surface area contributed by atoms with E-state index in [1.54, 1.807) is 19.2 Å². The van der Waals surface area contributed by atoms with Crippen molar-refractivity contribution in [2.75, 3.05) is 7.11 Å². The summed E-state index contributed by atoms with van der Waals surface area (Å²) in [6.07, 6.45) is 1.32. The standard InChI is InChI=1S/C12H16NO3/c1-3-5-12(14)13-9-16-11-7-4-6-10(8-11)15-2/h4,6-9H,3,5H2,1-2H3,(H,13,14). The molecule has 16 heavy (non-hydrogen) atoms. The molecule has 1 amide bonds. The molecule has 4 heteroatoms. The third-order valence-electron chi connectivity index (χ3n) is 1.93. The van der Waals surface area contributed by atoms with Crippen molar-refractivity contribution in [2.45, 2.75) is 19.8 Å². The number of hydrogen-bond acceptors (Lipinski definition) is 3. The fourth-order valence-electron chi connectivity index (χ4n) is 1.14. The summed E-state index contributed by atoms with van der Waals surface area (Å²) in [5, 5.41) is 2.54. The van der Waals surface area contributed by atoms with Crippen LogP contribution in [-0.2, 0) is 4.79 Å². The predicted molar refractivity (Wildman–Crippen MR) is 61.0 cm³/mol. The minimum Gasteiger partial charge on any atom is -0.497 e. The third kappa shape index (κ3) is 4.21. The number of hydrogen-bond donors (Lipinski definition) is 1. The summed E-state index contributed by atoms with van der Waals surface area (Å²) in [5.41, 5.74) is 0. The Kier molecular flexibility index (Phi) is 5.19. The minimum absolute atomic E-state index is 0.0506. The number of amides is 1. The van der Waals surface area contributed by atoms with Crippen molar-refractivity contribution in [2.24, 2.45) is 0 Å². The van der Waals surface area contributed by atoms with Crippen LogP contribution >= 0.6 is 0 Å². The number of methoxy groups -OCH3 is 1. The summed E-state index contributed by atoms with van der Waals surface area (Å²) < 4.78 is 10.3. The monoisotopic (exact) mass is 222 g/mol. The Morgan fingerprint density at radius 3 is 2.88 bits per heavy atom. The maximum atomic E-state index is 11.1. The molecule has 0 spiro atoms. The van der Waals surface area contributed by atoms with Crippen LogP contribution in [0, 0.1) is 6.73 Å². The van der Waals surface area contributed by atoms with E-state index in [1.165, 1.54) is 6.73 Å². The SMILES string of the molecule is CCCC(=O)N[CH]Oc1cccc(OC)c1. The van der Waals surface area contributed by atoms with E-state index < -0.39 is 0 Å². The number of nitrogens with one attached hydrogen (secondary N) is 1. The molecule has 1 aromatic rings. The van der Waals surface area contributed by atoms with Crippen molar-refractivity contribution in [3.8, 4) is 11.5 Å².